The van der Waals surface area contributed by atoms with E-state index in [1.165, 1.54) is 38.6 Å². The predicted molar refractivity (Wildman–Crippen MR) is 69.7 cm³/mol. The Hall–Kier alpha value is -0.0800. The molecule has 0 radical (unpaired) electrons. The van der Waals surface area contributed by atoms with Crippen LogP contribution in [-0.4, -0.2) is 26.3 Å². The van der Waals surface area contributed by atoms with E-state index in [0.717, 1.165) is 12.5 Å². The molecule has 0 aromatic carbocycles. The van der Waals surface area contributed by atoms with Crippen molar-refractivity contribution in [2.45, 2.75) is 58.9 Å². The van der Waals surface area contributed by atoms with E-state index >= 15 is 0 Å². The van der Waals surface area contributed by atoms with Gasteiger partial charge in [0.2, 0.25) is 0 Å². The highest BCUT2D eigenvalue weighted by molar-refractivity contribution is 4.90. The van der Waals surface area contributed by atoms with Gasteiger partial charge in [-0.2, -0.15) is 0 Å². The van der Waals surface area contributed by atoms with Crippen LogP contribution in [0.25, 0.3) is 0 Å². The zero-order chi connectivity index (χ0) is 12.0. The van der Waals surface area contributed by atoms with Gasteiger partial charge in [-0.15, -0.1) is 0 Å². The van der Waals surface area contributed by atoms with E-state index in [9.17, 15) is 0 Å². The Morgan fingerprint density at radius 2 is 2.00 bits per heavy atom. The van der Waals surface area contributed by atoms with E-state index in [-0.39, 0.29) is 0 Å². The van der Waals surface area contributed by atoms with Crippen LogP contribution in [-0.2, 0) is 4.74 Å². The van der Waals surface area contributed by atoms with Crippen molar-refractivity contribution in [1.82, 2.24) is 5.32 Å². The summed E-state index contributed by atoms with van der Waals surface area (Å²) in [6.07, 6.45) is 6.67. The summed E-state index contributed by atoms with van der Waals surface area (Å²) >= 11 is 0. The molecule has 0 heterocycles. The molecule has 2 atom stereocenters. The van der Waals surface area contributed by atoms with Crippen molar-refractivity contribution in [2.24, 2.45) is 11.3 Å². The van der Waals surface area contributed by atoms with Gasteiger partial charge in [0.25, 0.3) is 0 Å². The minimum Gasteiger partial charge on any atom is -0.385 e. The lowest BCUT2D eigenvalue weighted by atomic mass is 9.66. The molecule has 0 aliphatic heterocycles. The molecule has 2 nitrogen and oxygen atoms in total. The summed E-state index contributed by atoms with van der Waals surface area (Å²) in [4.78, 5) is 0. The largest absolute Gasteiger partial charge is 0.385 e. The topological polar surface area (TPSA) is 21.3 Å². The number of ether oxygens (including phenoxy) is 1. The van der Waals surface area contributed by atoms with Gasteiger partial charge >= 0.3 is 0 Å². The van der Waals surface area contributed by atoms with Crippen molar-refractivity contribution < 1.29 is 4.74 Å². The first-order valence-electron chi connectivity index (χ1n) is 6.86. The van der Waals surface area contributed by atoms with Gasteiger partial charge in [0, 0.05) is 26.3 Å². The van der Waals surface area contributed by atoms with Crippen LogP contribution in [0.5, 0.6) is 0 Å². The van der Waals surface area contributed by atoms with Gasteiger partial charge in [-0.3, -0.25) is 0 Å². The standard InChI is InChI=1S/C14H29NO/c1-5-12(2)13(3)15-11-14(7-6-8-14)9-10-16-4/h12-13,15H,5-11H2,1-4H3. The van der Waals surface area contributed by atoms with E-state index < -0.39 is 0 Å². The Morgan fingerprint density at radius 3 is 2.44 bits per heavy atom. The third kappa shape index (κ3) is 3.74. The third-order valence-electron chi connectivity index (χ3n) is 4.55. The molecule has 1 rings (SSSR count). The maximum atomic E-state index is 5.22. The monoisotopic (exact) mass is 227 g/mol. The molecule has 0 bridgehead atoms. The highest BCUT2D eigenvalue weighted by Gasteiger charge is 2.36. The first kappa shape index (κ1) is 14.0. The zero-order valence-corrected chi connectivity index (χ0v) is 11.5. The Balaban J connectivity index is 2.28. The summed E-state index contributed by atoms with van der Waals surface area (Å²) in [5.74, 6) is 0.777. The Kier molecular flexibility index (Phi) is 5.77. The molecule has 2 unspecified atom stereocenters. The third-order valence-corrected chi connectivity index (χ3v) is 4.55. The average molecular weight is 227 g/mol. The highest BCUT2D eigenvalue weighted by Crippen LogP contribution is 2.43. The molecule has 1 aliphatic carbocycles. The van der Waals surface area contributed by atoms with E-state index in [4.69, 9.17) is 4.74 Å². The second kappa shape index (κ2) is 6.61. The summed E-state index contributed by atoms with van der Waals surface area (Å²) in [6.45, 7) is 9.02. The van der Waals surface area contributed by atoms with Crippen LogP contribution in [0, 0.1) is 11.3 Å². The molecule has 1 aliphatic rings. The number of hydrogen-bond acceptors (Lipinski definition) is 2. The molecule has 0 aromatic heterocycles. The minimum absolute atomic E-state index is 0.553. The van der Waals surface area contributed by atoms with Gasteiger partial charge < -0.3 is 10.1 Å². The summed E-state index contributed by atoms with van der Waals surface area (Å²) < 4.78 is 5.22. The molecule has 0 saturated heterocycles. The lowest BCUT2D eigenvalue weighted by Crippen LogP contribution is -2.45. The second-order valence-corrected chi connectivity index (χ2v) is 5.65. The molecule has 96 valence electrons. The van der Waals surface area contributed by atoms with Crippen molar-refractivity contribution in [2.75, 3.05) is 20.3 Å². The quantitative estimate of drug-likeness (QED) is 0.687. The highest BCUT2D eigenvalue weighted by atomic mass is 16.5. The fourth-order valence-electron chi connectivity index (χ4n) is 2.44. The van der Waals surface area contributed by atoms with E-state index in [1.54, 1.807) is 0 Å². The van der Waals surface area contributed by atoms with Crippen LogP contribution < -0.4 is 5.32 Å². The Labute approximate surface area is 101 Å². The van der Waals surface area contributed by atoms with Crippen molar-refractivity contribution >= 4 is 0 Å². The Morgan fingerprint density at radius 1 is 1.31 bits per heavy atom. The molecular weight excluding hydrogens is 198 g/mol. The van der Waals surface area contributed by atoms with E-state index in [1.807, 2.05) is 7.11 Å². The Bertz CT molecular complexity index is 189. The normalized spacial score (nSPS) is 22.5. The van der Waals surface area contributed by atoms with Crippen LogP contribution in [0.2, 0.25) is 0 Å². The SMILES string of the molecule is CCC(C)C(C)NCC1(CCOC)CCC1. The van der Waals surface area contributed by atoms with Gasteiger partial charge in [-0.1, -0.05) is 26.7 Å². The molecule has 1 fully saturated rings. The van der Waals surface area contributed by atoms with E-state index in [2.05, 4.69) is 26.1 Å². The molecule has 0 amide bonds. The lowest BCUT2D eigenvalue weighted by Gasteiger charge is -2.43. The fourth-order valence-corrected chi connectivity index (χ4v) is 2.44. The van der Waals surface area contributed by atoms with Crippen molar-refractivity contribution in [1.29, 1.82) is 0 Å². The van der Waals surface area contributed by atoms with Crippen LogP contribution in [0.15, 0.2) is 0 Å². The number of nitrogens with one attached hydrogen (secondary N) is 1. The number of rotatable bonds is 8. The summed E-state index contributed by atoms with van der Waals surface area (Å²) in [7, 11) is 1.81. The van der Waals surface area contributed by atoms with Crippen LogP contribution in [0.3, 0.4) is 0 Å². The molecule has 1 saturated carbocycles. The van der Waals surface area contributed by atoms with Gasteiger partial charge in [0.1, 0.15) is 0 Å². The maximum absolute atomic E-state index is 5.22. The summed E-state index contributed by atoms with van der Waals surface area (Å²) in [5, 5.41) is 3.73. The molecule has 0 spiro atoms. The van der Waals surface area contributed by atoms with Gasteiger partial charge in [-0.05, 0) is 37.5 Å². The van der Waals surface area contributed by atoms with Crippen molar-refractivity contribution in [3.05, 3.63) is 0 Å². The van der Waals surface area contributed by atoms with Gasteiger partial charge in [0.05, 0.1) is 0 Å². The summed E-state index contributed by atoms with van der Waals surface area (Å²) in [6, 6.07) is 0.644. The van der Waals surface area contributed by atoms with Crippen LogP contribution >= 0.6 is 0 Å². The van der Waals surface area contributed by atoms with Gasteiger partial charge in [-0.25, -0.2) is 0 Å². The number of hydrogen-bond donors (Lipinski definition) is 1. The van der Waals surface area contributed by atoms with Crippen LogP contribution in [0.4, 0.5) is 0 Å². The molecule has 16 heavy (non-hydrogen) atoms. The smallest absolute Gasteiger partial charge is 0.0468 e. The fraction of sp³-hybridized carbons (Fsp3) is 1.00. The average Bonchev–Trinajstić information content (AvgIpc) is 2.25. The first-order chi connectivity index (χ1) is 7.63. The van der Waals surface area contributed by atoms with Gasteiger partial charge in [0.15, 0.2) is 0 Å². The van der Waals surface area contributed by atoms with E-state index in [0.29, 0.717) is 11.5 Å². The van der Waals surface area contributed by atoms with Crippen LogP contribution in [0.1, 0.15) is 52.9 Å². The first-order valence-corrected chi connectivity index (χ1v) is 6.86. The lowest BCUT2D eigenvalue weighted by molar-refractivity contribution is 0.0649. The molecule has 2 heteroatoms. The maximum Gasteiger partial charge on any atom is 0.0468 e. The molecular formula is C14H29NO. The summed E-state index contributed by atoms with van der Waals surface area (Å²) in [5.41, 5.74) is 0.553. The van der Waals surface area contributed by atoms with Crippen molar-refractivity contribution in [3.8, 4) is 0 Å². The molecule has 1 N–H and O–H groups in total. The molecule has 0 aromatic rings. The van der Waals surface area contributed by atoms with Crippen molar-refractivity contribution in [3.63, 3.8) is 0 Å². The number of methoxy groups -OCH3 is 1. The predicted octanol–water partition coefficient (Wildman–Crippen LogP) is 3.22. The second-order valence-electron chi connectivity index (χ2n) is 5.65. The minimum atomic E-state index is 0.553. The zero-order valence-electron chi connectivity index (χ0n) is 11.5.